The molecule has 0 bridgehead atoms. The number of H-pyrrole nitrogens is 1. The highest BCUT2D eigenvalue weighted by molar-refractivity contribution is 5.80. The quantitative estimate of drug-likeness (QED) is 0.642. The normalized spacial score (nSPS) is 18.4. The fourth-order valence-corrected chi connectivity index (χ4v) is 4.19. The second-order valence-electron chi connectivity index (χ2n) is 7.71. The maximum atomic E-state index is 14.4. The minimum absolute atomic E-state index is 0.131. The van der Waals surface area contributed by atoms with Gasteiger partial charge in [0, 0.05) is 68.2 Å². The Morgan fingerprint density at radius 2 is 2.00 bits per heavy atom. The summed E-state index contributed by atoms with van der Waals surface area (Å²) in [5.74, 6) is 0.286. The largest absolute Gasteiger partial charge is 0.497 e. The number of piperazine rings is 1. The van der Waals surface area contributed by atoms with Crippen LogP contribution in [0.1, 0.15) is 17.7 Å². The van der Waals surface area contributed by atoms with Crippen molar-refractivity contribution in [3.8, 4) is 5.75 Å². The first-order valence-corrected chi connectivity index (χ1v) is 10.1. The minimum Gasteiger partial charge on any atom is -0.497 e. The van der Waals surface area contributed by atoms with Gasteiger partial charge in [0.2, 0.25) is 0 Å². The summed E-state index contributed by atoms with van der Waals surface area (Å²) in [6, 6.07) is 15.7. The lowest BCUT2D eigenvalue weighted by molar-refractivity contribution is 0.0488. The smallest absolute Gasteiger partial charge is 0.131 e. The van der Waals surface area contributed by atoms with Crippen LogP contribution in [0.3, 0.4) is 0 Å². The Balaban J connectivity index is 1.42. The Morgan fingerprint density at radius 1 is 1.14 bits per heavy atom. The molecule has 1 fully saturated rings. The first-order valence-electron chi connectivity index (χ1n) is 10.1. The van der Waals surface area contributed by atoms with Gasteiger partial charge in [-0.3, -0.25) is 9.80 Å². The van der Waals surface area contributed by atoms with Crippen molar-refractivity contribution in [2.45, 2.75) is 25.6 Å². The molecule has 1 saturated heterocycles. The zero-order chi connectivity index (χ0) is 20.2. The van der Waals surface area contributed by atoms with Gasteiger partial charge in [0.05, 0.1) is 7.11 Å². The van der Waals surface area contributed by atoms with Crippen LogP contribution in [-0.2, 0) is 13.1 Å². The number of hydrogen-bond donors (Lipinski definition) is 2. The van der Waals surface area contributed by atoms with Crippen molar-refractivity contribution in [1.82, 2.24) is 14.8 Å². The predicted octanol–water partition coefficient (Wildman–Crippen LogP) is 3.38. The van der Waals surface area contributed by atoms with Crippen LogP contribution in [0.2, 0.25) is 0 Å². The molecule has 29 heavy (non-hydrogen) atoms. The number of aromatic amines is 1. The van der Waals surface area contributed by atoms with E-state index in [2.05, 4.69) is 33.0 Å². The summed E-state index contributed by atoms with van der Waals surface area (Å²) in [6.45, 7) is 4.13. The molecule has 2 N–H and O–H groups in total. The number of hydrogen-bond acceptors (Lipinski definition) is 4. The fraction of sp³-hybridized carbons (Fsp3) is 0.391. The minimum atomic E-state index is -0.243. The Kier molecular flexibility index (Phi) is 6.13. The Bertz CT molecular complexity index is 925. The van der Waals surface area contributed by atoms with Crippen molar-refractivity contribution in [3.05, 3.63) is 65.6 Å². The van der Waals surface area contributed by atoms with Crippen LogP contribution < -0.4 is 4.74 Å². The Labute approximate surface area is 170 Å². The Hall–Kier alpha value is -2.41. The van der Waals surface area contributed by atoms with Gasteiger partial charge in [0.25, 0.3) is 0 Å². The standard InChI is InChI=1S/C23H28FN3O2/c1-29-21-7-6-18(22(24)13-21)14-27-10-9-26(16-20(27)8-11-28)15-19-12-17-4-2-3-5-23(17)25-19/h2-7,12-13,20,25,28H,8-11,14-16H2,1H3/t20-/m0/s1. The van der Waals surface area contributed by atoms with E-state index in [0.717, 1.165) is 31.7 Å². The van der Waals surface area contributed by atoms with E-state index in [-0.39, 0.29) is 18.5 Å². The van der Waals surface area contributed by atoms with E-state index in [1.807, 2.05) is 12.1 Å². The molecular weight excluding hydrogens is 369 g/mol. The SMILES string of the molecule is COc1ccc(CN2CCN(Cc3cc4ccccc4[nH]3)C[C@@H]2CCO)c(F)c1. The van der Waals surface area contributed by atoms with Gasteiger partial charge in [-0.1, -0.05) is 24.3 Å². The second kappa shape index (κ2) is 8.95. The van der Waals surface area contributed by atoms with Crippen LogP contribution in [0, 0.1) is 5.82 Å². The number of fused-ring (bicyclic) bond motifs is 1. The van der Waals surface area contributed by atoms with E-state index < -0.39 is 0 Å². The molecule has 0 amide bonds. The van der Waals surface area contributed by atoms with Crippen molar-refractivity contribution in [3.63, 3.8) is 0 Å². The van der Waals surface area contributed by atoms with Crippen LogP contribution in [0.25, 0.3) is 10.9 Å². The summed E-state index contributed by atoms with van der Waals surface area (Å²) in [7, 11) is 1.54. The molecule has 1 aliphatic heterocycles. The number of nitrogens with one attached hydrogen (secondary N) is 1. The molecular formula is C23H28FN3O2. The molecule has 5 nitrogen and oxygen atoms in total. The maximum Gasteiger partial charge on any atom is 0.131 e. The predicted molar refractivity (Wildman–Crippen MR) is 112 cm³/mol. The van der Waals surface area contributed by atoms with E-state index in [1.165, 1.54) is 24.3 Å². The number of aromatic nitrogens is 1. The number of para-hydroxylation sites is 1. The number of aliphatic hydroxyl groups excluding tert-OH is 1. The fourth-order valence-electron chi connectivity index (χ4n) is 4.19. The summed E-state index contributed by atoms with van der Waals surface area (Å²) < 4.78 is 19.5. The first-order chi connectivity index (χ1) is 14.2. The molecule has 0 unspecified atom stereocenters. The molecule has 3 aromatic rings. The highest BCUT2D eigenvalue weighted by atomic mass is 19.1. The van der Waals surface area contributed by atoms with E-state index in [4.69, 9.17) is 4.74 Å². The third-order valence-electron chi connectivity index (χ3n) is 5.76. The second-order valence-corrected chi connectivity index (χ2v) is 7.71. The summed E-state index contributed by atoms with van der Waals surface area (Å²) >= 11 is 0. The molecule has 154 valence electrons. The van der Waals surface area contributed by atoms with Gasteiger partial charge in [0.15, 0.2) is 0 Å². The van der Waals surface area contributed by atoms with Crippen molar-refractivity contribution in [2.24, 2.45) is 0 Å². The molecule has 0 saturated carbocycles. The van der Waals surface area contributed by atoms with Gasteiger partial charge in [0.1, 0.15) is 11.6 Å². The van der Waals surface area contributed by atoms with Crippen LogP contribution in [0.5, 0.6) is 5.75 Å². The number of halogens is 1. The van der Waals surface area contributed by atoms with Crippen molar-refractivity contribution < 1.29 is 14.2 Å². The van der Waals surface area contributed by atoms with Gasteiger partial charge in [-0.25, -0.2) is 4.39 Å². The molecule has 1 aromatic heterocycles. The highest BCUT2D eigenvalue weighted by Gasteiger charge is 2.27. The van der Waals surface area contributed by atoms with Gasteiger partial charge < -0.3 is 14.8 Å². The van der Waals surface area contributed by atoms with Crippen LogP contribution in [0.15, 0.2) is 48.5 Å². The lowest BCUT2D eigenvalue weighted by atomic mass is 10.1. The average Bonchev–Trinajstić information content (AvgIpc) is 3.13. The molecule has 1 aliphatic rings. The van der Waals surface area contributed by atoms with E-state index >= 15 is 0 Å². The zero-order valence-corrected chi connectivity index (χ0v) is 16.8. The summed E-state index contributed by atoms with van der Waals surface area (Å²) in [4.78, 5) is 8.18. The maximum absolute atomic E-state index is 14.4. The third-order valence-corrected chi connectivity index (χ3v) is 5.76. The van der Waals surface area contributed by atoms with Crippen molar-refractivity contribution >= 4 is 10.9 Å². The monoisotopic (exact) mass is 397 g/mol. The topological polar surface area (TPSA) is 51.7 Å². The van der Waals surface area contributed by atoms with Gasteiger partial charge >= 0.3 is 0 Å². The van der Waals surface area contributed by atoms with Gasteiger partial charge in [-0.15, -0.1) is 0 Å². The molecule has 2 heterocycles. The molecule has 6 heteroatoms. The average molecular weight is 397 g/mol. The Morgan fingerprint density at radius 3 is 2.76 bits per heavy atom. The first kappa shape index (κ1) is 19.9. The lowest BCUT2D eigenvalue weighted by Crippen LogP contribution is -2.52. The number of nitrogens with zero attached hydrogens (tertiary/aromatic N) is 2. The third kappa shape index (κ3) is 4.61. The summed E-state index contributed by atoms with van der Waals surface area (Å²) in [5, 5.41) is 10.8. The number of rotatable bonds is 7. The molecule has 2 aromatic carbocycles. The van der Waals surface area contributed by atoms with E-state index in [9.17, 15) is 9.50 Å². The van der Waals surface area contributed by atoms with E-state index in [0.29, 0.717) is 24.3 Å². The van der Waals surface area contributed by atoms with Crippen LogP contribution >= 0.6 is 0 Å². The molecule has 0 radical (unpaired) electrons. The van der Waals surface area contributed by atoms with Crippen LogP contribution in [-0.4, -0.2) is 59.3 Å². The zero-order valence-electron chi connectivity index (χ0n) is 16.8. The number of ether oxygens (including phenoxy) is 1. The van der Waals surface area contributed by atoms with Gasteiger partial charge in [-0.05, 0) is 30.0 Å². The molecule has 1 atom stereocenters. The number of benzene rings is 2. The summed E-state index contributed by atoms with van der Waals surface area (Å²) in [6.07, 6.45) is 0.682. The molecule has 0 aliphatic carbocycles. The highest BCUT2D eigenvalue weighted by Crippen LogP contribution is 2.23. The van der Waals surface area contributed by atoms with Crippen LogP contribution in [0.4, 0.5) is 4.39 Å². The van der Waals surface area contributed by atoms with Crippen molar-refractivity contribution in [1.29, 1.82) is 0 Å². The summed E-state index contributed by atoms with van der Waals surface area (Å²) in [5.41, 5.74) is 3.02. The van der Waals surface area contributed by atoms with Gasteiger partial charge in [-0.2, -0.15) is 0 Å². The number of methoxy groups -OCH3 is 1. The van der Waals surface area contributed by atoms with Crippen molar-refractivity contribution in [2.75, 3.05) is 33.4 Å². The lowest BCUT2D eigenvalue weighted by Gasteiger charge is -2.41. The molecule has 4 rings (SSSR count). The van der Waals surface area contributed by atoms with E-state index in [1.54, 1.807) is 12.1 Å². The number of aliphatic hydroxyl groups is 1. The molecule has 0 spiro atoms.